The summed E-state index contributed by atoms with van der Waals surface area (Å²) < 4.78 is 0.778. The van der Waals surface area contributed by atoms with Crippen LogP contribution in [0.2, 0.25) is 0 Å². The molecule has 0 fully saturated rings. The largest absolute Gasteiger partial charge is 0.348 e. The number of carbonyl (C=O) groups excluding carboxylic acids is 1. The van der Waals surface area contributed by atoms with Crippen LogP contribution < -0.4 is 5.32 Å². The molecule has 12 heavy (non-hydrogen) atoms. The molecule has 0 aliphatic rings. The average molecular weight is 249 g/mol. The standard InChI is InChI=1S/C7H9BrN2OS/c1-4(2)10-7(11)5-6(8)12-3-9-5/h3-4H,1-2H3,(H,10,11). The summed E-state index contributed by atoms with van der Waals surface area (Å²) in [4.78, 5) is 15.3. The van der Waals surface area contributed by atoms with Crippen LogP contribution >= 0.6 is 27.3 Å². The van der Waals surface area contributed by atoms with Gasteiger partial charge in [-0.3, -0.25) is 4.79 Å². The number of carbonyl (C=O) groups is 1. The highest BCUT2D eigenvalue weighted by Crippen LogP contribution is 2.20. The van der Waals surface area contributed by atoms with Crippen molar-refractivity contribution < 1.29 is 4.79 Å². The van der Waals surface area contributed by atoms with Crippen LogP contribution in [0.1, 0.15) is 24.3 Å². The summed E-state index contributed by atoms with van der Waals surface area (Å²) in [7, 11) is 0. The van der Waals surface area contributed by atoms with E-state index in [1.807, 2.05) is 13.8 Å². The van der Waals surface area contributed by atoms with E-state index in [-0.39, 0.29) is 11.9 Å². The molecule has 0 unspecified atom stereocenters. The summed E-state index contributed by atoms with van der Waals surface area (Å²) in [6.45, 7) is 3.83. The number of rotatable bonds is 2. The molecule has 0 saturated carbocycles. The Morgan fingerprint density at radius 1 is 1.75 bits per heavy atom. The number of nitrogens with one attached hydrogen (secondary N) is 1. The number of halogens is 1. The highest BCUT2D eigenvalue weighted by molar-refractivity contribution is 9.11. The molecule has 0 spiro atoms. The zero-order chi connectivity index (χ0) is 9.14. The molecule has 1 N–H and O–H groups in total. The zero-order valence-electron chi connectivity index (χ0n) is 6.80. The van der Waals surface area contributed by atoms with Crippen molar-refractivity contribution in [3.8, 4) is 0 Å². The second-order valence-corrected chi connectivity index (χ2v) is 4.78. The summed E-state index contributed by atoms with van der Waals surface area (Å²) in [5.41, 5.74) is 2.10. The van der Waals surface area contributed by atoms with Crippen LogP contribution in [0.5, 0.6) is 0 Å². The molecule has 1 rings (SSSR count). The Morgan fingerprint density at radius 2 is 2.42 bits per heavy atom. The lowest BCUT2D eigenvalue weighted by molar-refractivity contribution is 0.0938. The van der Waals surface area contributed by atoms with Crippen LogP contribution in [0.4, 0.5) is 0 Å². The molecule has 1 amide bonds. The number of hydrogen-bond acceptors (Lipinski definition) is 3. The van der Waals surface area contributed by atoms with Gasteiger partial charge in [0.1, 0.15) is 3.79 Å². The van der Waals surface area contributed by atoms with Crippen molar-refractivity contribution in [2.75, 3.05) is 0 Å². The van der Waals surface area contributed by atoms with Gasteiger partial charge in [-0.05, 0) is 29.8 Å². The fourth-order valence-corrected chi connectivity index (χ4v) is 1.75. The summed E-state index contributed by atoms with van der Waals surface area (Å²) in [6, 6.07) is 0.145. The van der Waals surface area contributed by atoms with E-state index >= 15 is 0 Å². The first-order valence-electron chi connectivity index (χ1n) is 3.51. The fraction of sp³-hybridized carbons (Fsp3) is 0.429. The lowest BCUT2D eigenvalue weighted by atomic mass is 10.3. The van der Waals surface area contributed by atoms with E-state index in [1.165, 1.54) is 11.3 Å². The molecule has 1 aromatic heterocycles. The minimum atomic E-state index is -0.127. The van der Waals surface area contributed by atoms with Gasteiger partial charge < -0.3 is 5.32 Å². The van der Waals surface area contributed by atoms with Gasteiger partial charge in [-0.25, -0.2) is 4.98 Å². The van der Waals surface area contributed by atoms with E-state index in [9.17, 15) is 4.79 Å². The van der Waals surface area contributed by atoms with Crippen LogP contribution in [0.15, 0.2) is 9.30 Å². The molecule has 66 valence electrons. The third-order valence-electron chi connectivity index (χ3n) is 1.16. The Kier molecular flexibility index (Phi) is 3.22. The Bertz CT molecular complexity index is 285. The van der Waals surface area contributed by atoms with E-state index in [2.05, 4.69) is 26.2 Å². The third kappa shape index (κ3) is 2.28. The van der Waals surface area contributed by atoms with Crippen molar-refractivity contribution in [1.82, 2.24) is 10.3 Å². The van der Waals surface area contributed by atoms with Gasteiger partial charge in [0.15, 0.2) is 5.69 Å². The van der Waals surface area contributed by atoms with Gasteiger partial charge in [-0.15, -0.1) is 11.3 Å². The number of hydrogen-bond donors (Lipinski definition) is 1. The molecular weight excluding hydrogens is 240 g/mol. The Hall–Kier alpha value is -0.420. The Balaban J connectivity index is 2.72. The lowest BCUT2D eigenvalue weighted by Gasteiger charge is -2.05. The normalized spacial score (nSPS) is 10.3. The number of aromatic nitrogens is 1. The topological polar surface area (TPSA) is 42.0 Å². The predicted octanol–water partition coefficient (Wildman–Crippen LogP) is 2.04. The highest BCUT2D eigenvalue weighted by Gasteiger charge is 2.12. The van der Waals surface area contributed by atoms with Gasteiger partial charge in [0.25, 0.3) is 5.91 Å². The van der Waals surface area contributed by atoms with Gasteiger partial charge in [-0.2, -0.15) is 0 Å². The molecule has 3 nitrogen and oxygen atoms in total. The van der Waals surface area contributed by atoms with Gasteiger partial charge >= 0.3 is 0 Å². The first-order valence-corrected chi connectivity index (χ1v) is 5.18. The summed E-state index contributed by atoms with van der Waals surface area (Å²) in [5, 5.41) is 2.76. The van der Waals surface area contributed by atoms with Crippen molar-refractivity contribution in [3.05, 3.63) is 15.0 Å². The second-order valence-electron chi connectivity index (χ2n) is 2.60. The second kappa shape index (κ2) is 4.00. The molecule has 1 aromatic rings. The number of amides is 1. The van der Waals surface area contributed by atoms with Crippen LogP contribution in [0, 0.1) is 0 Å². The van der Waals surface area contributed by atoms with E-state index in [4.69, 9.17) is 0 Å². The van der Waals surface area contributed by atoms with Crippen molar-refractivity contribution in [1.29, 1.82) is 0 Å². The van der Waals surface area contributed by atoms with Gasteiger partial charge in [0.05, 0.1) is 5.51 Å². The third-order valence-corrected chi connectivity index (χ3v) is 2.71. The molecule has 0 bridgehead atoms. The first kappa shape index (κ1) is 9.67. The summed E-state index contributed by atoms with van der Waals surface area (Å²) in [6.07, 6.45) is 0. The Labute approximate surface area is 83.3 Å². The zero-order valence-corrected chi connectivity index (χ0v) is 9.20. The average Bonchev–Trinajstić information content (AvgIpc) is 2.33. The maximum atomic E-state index is 11.3. The highest BCUT2D eigenvalue weighted by atomic mass is 79.9. The molecule has 0 aliphatic heterocycles. The first-order chi connectivity index (χ1) is 5.61. The van der Waals surface area contributed by atoms with Crippen molar-refractivity contribution in [2.45, 2.75) is 19.9 Å². The smallest absolute Gasteiger partial charge is 0.272 e. The quantitative estimate of drug-likeness (QED) is 0.871. The van der Waals surface area contributed by atoms with E-state index in [0.717, 1.165) is 3.79 Å². The SMILES string of the molecule is CC(C)NC(=O)c1ncsc1Br. The molecule has 0 aromatic carbocycles. The maximum absolute atomic E-state index is 11.3. The minimum absolute atomic E-state index is 0.127. The van der Waals surface area contributed by atoms with Crippen molar-refractivity contribution in [2.24, 2.45) is 0 Å². The molecule has 1 heterocycles. The fourth-order valence-electron chi connectivity index (χ4n) is 0.710. The number of nitrogens with zero attached hydrogens (tertiary/aromatic N) is 1. The van der Waals surface area contributed by atoms with Crippen LogP contribution in [-0.2, 0) is 0 Å². The Morgan fingerprint density at radius 3 is 2.83 bits per heavy atom. The van der Waals surface area contributed by atoms with E-state index in [0.29, 0.717) is 5.69 Å². The molecule has 0 atom stereocenters. The lowest BCUT2D eigenvalue weighted by Crippen LogP contribution is -2.30. The monoisotopic (exact) mass is 248 g/mol. The molecule has 0 aliphatic carbocycles. The van der Waals surface area contributed by atoms with Gasteiger partial charge in [-0.1, -0.05) is 0 Å². The van der Waals surface area contributed by atoms with E-state index < -0.39 is 0 Å². The van der Waals surface area contributed by atoms with Crippen LogP contribution in [0.25, 0.3) is 0 Å². The number of thiazole rings is 1. The summed E-state index contributed by atoms with van der Waals surface area (Å²) >= 11 is 4.66. The molecule has 5 heteroatoms. The summed E-state index contributed by atoms with van der Waals surface area (Å²) in [5.74, 6) is -0.127. The predicted molar refractivity (Wildman–Crippen MR) is 52.4 cm³/mol. The molecule has 0 radical (unpaired) electrons. The van der Waals surface area contributed by atoms with Crippen LogP contribution in [-0.4, -0.2) is 16.9 Å². The van der Waals surface area contributed by atoms with Crippen molar-refractivity contribution >= 4 is 33.2 Å². The van der Waals surface area contributed by atoms with Gasteiger partial charge in [0, 0.05) is 6.04 Å². The van der Waals surface area contributed by atoms with E-state index in [1.54, 1.807) is 5.51 Å². The molecular formula is C7H9BrN2OS. The van der Waals surface area contributed by atoms with Crippen LogP contribution in [0.3, 0.4) is 0 Å². The molecule has 0 saturated heterocycles. The van der Waals surface area contributed by atoms with Gasteiger partial charge in [0.2, 0.25) is 0 Å². The minimum Gasteiger partial charge on any atom is -0.348 e. The van der Waals surface area contributed by atoms with Crippen molar-refractivity contribution in [3.63, 3.8) is 0 Å². The maximum Gasteiger partial charge on any atom is 0.272 e.